The van der Waals surface area contributed by atoms with Gasteiger partial charge >= 0.3 is 6.18 Å². The second-order valence-corrected chi connectivity index (χ2v) is 9.85. The number of piperazine rings is 1. The van der Waals surface area contributed by atoms with Crippen molar-refractivity contribution in [1.29, 1.82) is 0 Å². The summed E-state index contributed by atoms with van der Waals surface area (Å²) in [7, 11) is -3.79. The number of aryl methyl sites for hydroxylation is 1. The van der Waals surface area contributed by atoms with Gasteiger partial charge in [0.2, 0.25) is 15.8 Å². The third-order valence-corrected chi connectivity index (χ3v) is 7.97. The van der Waals surface area contributed by atoms with Gasteiger partial charge < -0.3 is 9.42 Å². The molecule has 12 heteroatoms. The van der Waals surface area contributed by atoms with Crippen LogP contribution in [0.5, 0.6) is 0 Å². The Hall–Kier alpha value is -2.44. The molecule has 0 N–H and O–H groups in total. The molecule has 0 aromatic carbocycles. The number of aromatic nitrogens is 2. The molecule has 1 fully saturated rings. The molecule has 0 saturated carbocycles. The largest absolute Gasteiger partial charge is 0.452 e. The molecule has 30 heavy (non-hydrogen) atoms. The third kappa shape index (κ3) is 3.94. The fraction of sp³-hybridized carbons (Fsp3) is 0.333. The van der Waals surface area contributed by atoms with E-state index < -0.39 is 22.0 Å². The Morgan fingerprint density at radius 2 is 1.87 bits per heavy atom. The minimum atomic E-state index is -4.65. The molecule has 4 rings (SSSR count). The van der Waals surface area contributed by atoms with Crippen molar-refractivity contribution in [3.8, 4) is 10.6 Å². The molecule has 7 nitrogen and oxygen atoms in total. The molecule has 0 atom stereocenters. The second kappa shape index (κ2) is 7.67. The first-order valence-electron chi connectivity index (χ1n) is 8.97. The minimum absolute atomic E-state index is 0.0446. The summed E-state index contributed by atoms with van der Waals surface area (Å²) >= 11 is 1.06. The van der Waals surface area contributed by atoms with Crippen molar-refractivity contribution in [2.75, 3.05) is 31.1 Å². The van der Waals surface area contributed by atoms with Gasteiger partial charge in [0.05, 0.1) is 9.77 Å². The number of alkyl halides is 3. The van der Waals surface area contributed by atoms with E-state index in [9.17, 15) is 21.6 Å². The fourth-order valence-electron chi connectivity index (χ4n) is 3.21. The van der Waals surface area contributed by atoms with Crippen molar-refractivity contribution in [1.82, 2.24) is 14.4 Å². The van der Waals surface area contributed by atoms with Crippen molar-refractivity contribution in [3.63, 3.8) is 0 Å². The second-order valence-electron chi connectivity index (χ2n) is 6.68. The standard InChI is InChI=1S/C18H17F3N4O3S2/c1-12-15(11-14(29-12)13-10-16(28-23-13)18(19,20)21)30(26,27)25-8-6-24(7-9-25)17-4-2-3-5-22-17/h2-5,10-11H,6-9H2,1H3. The van der Waals surface area contributed by atoms with Crippen LogP contribution in [-0.2, 0) is 16.2 Å². The van der Waals surface area contributed by atoms with Crippen LogP contribution < -0.4 is 4.90 Å². The lowest BCUT2D eigenvalue weighted by Gasteiger charge is -2.34. The van der Waals surface area contributed by atoms with Crippen LogP contribution in [0.25, 0.3) is 10.6 Å². The zero-order chi connectivity index (χ0) is 21.5. The van der Waals surface area contributed by atoms with Gasteiger partial charge in [-0.2, -0.15) is 17.5 Å². The van der Waals surface area contributed by atoms with E-state index >= 15 is 0 Å². The van der Waals surface area contributed by atoms with E-state index in [-0.39, 0.29) is 23.7 Å². The Morgan fingerprint density at radius 1 is 1.13 bits per heavy atom. The molecular formula is C18H17F3N4O3S2. The lowest BCUT2D eigenvalue weighted by molar-refractivity contribution is -0.155. The summed E-state index contributed by atoms with van der Waals surface area (Å²) in [6.45, 7) is 3.17. The molecule has 1 aliphatic heterocycles. The lowest BCUT2D eigenvalue weighted by atomic mass is 10.3. The number of anilines is 1. The molecule has 0 spiro atoms. The molecule has 1 saturated heterocycles. The highest BCUT2D eigenvalue weighted by atomic mass is 32.2. The number of rotatable bonds is 4. The van der Waals surface area contributed by atoms with E-state index in [1.807, 2.05) is 23.1 Å². The SMILES string of the molecule is Cc1sc(-c2cc(C(F)(F)F)on2)cc1S(=O)(=O)N1CCN(c2ccccn2)CC1. The predicted molar refractivity (Wildman–Crippen MR) is 105 cm³/mol. The first kappa shape index (κ1) is 20.8. The quantitative estimate of drug-likeness (QED) is 0.594. The number of hydrogen-bond acceptors (Lipinski definition) is 7. The first-order valence-corrected chi connectivity index (χ1v) is 11.2. The van der Waals surface area contributed by atoms with Crippen LogP contribution in [0.2, 0.25) is 0 Å². The molecular weight excluding hydrogens is 441 g/mol. The van der Waals surface area contributed by atoms with Crippen molar-refractivity contribution in [2.45, 2.75) is 18.0 Å². The summed E-state index contributed by atoms with van der Waals surface area (Å²) in [6.07, 6.45) is -2.97. The van der Waals surface area contributed by atoms with Gasteiger partial charge in [-0.05, 0) is 25.1 Å². The van der Waals surface area contributed by atoms with Crippen LogP contribution in [0.3, 0.4) is 0 Å². The Balaban J connectivity index is 1.53. The Labute approximate surface area is 174 Å². The maximum absolute atomic E-state index is 13.1. The number of pyridine rings is 1. The molecule has 0 radical (unpaired) electrons. The van der Waals surface area contributed by atoms with E-state index in [1.165, 1.54) is 10.4 Å². The highest BCUT2D eigenvalue weighted by molar-refractivity contribution is 7.89. The molecule has 160 valence electrons. The first-order chi connectivity index (χ1) is 14.2. The molecule has 0 aliphatic carbocycles. The number of sulfonamides is 1. The summed E-state index contributed by atoms with van der Waals surface area (Å²) in [4.78, 5) is 7.15. The smallest absolute Gasteiger partial charge is 0.354 e. The summed E-state index contributed by atoms with van der Waals surface area (Å²) in [5.41, 5.74) is -0.0446. The third-order valence-electron chi connectivity index (χ3n) is 4.74. The Kier molecular flexibility index (Phi) is 5.32. The summed E-state index contributed by atoms with van der Waals surface area (Å²) in [6, 6.07) is 7.68. The van der Waals surface area contributed by atoms with Crippen LogP contribution in [0.1, 0.15) is 10.6 Å². The Bertz CT molecular complexity index is 1140. The highest BCUT2D eigenvalue weighted by Gasteiger charge is 2.37. The van der Waals surface area contributed by atoms with E-state index in [1.54, 1.807) is 13.1 Å². The minimum Gasteiger partial charge on any atom is -0.354 e. The van der Waals surface area contributed by atoms with Gasteiger partial charge in [0.15, 0.2) is 0 Å². The zero-order valence-electron chi connectivity index (χ0n) is 15.8. The van der Waals surface area contributed by atoms with Crippen LogP contribution in [0.15, 0.2) is 45.9 Å². The van der Waals surface area contributed by atoms with Gasteiger partial charge in [-0.3, -0.25) is 0 Å². The van der Waals surface area contributed by atoms with Gasteiger partial charge in [-0.1, -0.05) is 11.2 Å². The fourth-order valence-corrected chi connectivity index (χ4v) is 6.14. The molecule has 3 aromatic heterocycles. The monoisotopic (exact) mass is 458 g/mol. The van der Waals surface area contributed by atoms with Crippen molar-refractivity contribution < 1.29 is 26.1 Å². The topological polar surface area (TPSA) is 79.5 Å². The van der Waals surface area contributed by atoms with Crippen LogP contribution in [-0.4, -0.2) is 49.0 Å². The van der Waals surface area contributed by atoms with Gasteiger partial charge in [0, 0.05) is 43.3 Å². The normalized spacial score (nSPS) is 16.2. The molecule has 0 bridgehead atoms. The van der Waals surface area contributed by atoms with Gasteiger partial charge in [0.25, 0.3) is 0 Å². The van der Waals surface area contributed by atoms with Gasteiger partial charge in [-0.15, -0.1) is 11.3 Å². The highest BCUT2D eigenvalue weighted by Crippen LogP contribution is 2.37. The van der Waals surface area contributed by atoms with E-state index in [0.717, 1.165) is 23.2 Å². The summed E-state index contributed by atoms with van der Waals surface area (Å²) in [5.74, 6) is -0.436. The average Bonchev–Trinajstić information content (AvgIpc) is 3.36. The number of thiophene rings is 1. The Morgan fingerprint density at radius 3 is 2.47 bits per heavy atom. The predicted octanol–water partition coefficient (Wildman–Crippen LogP) is 3.64. The van der Waals surface area contributed by atoms with Gasteiger partial charge in [0.1, 0.15) is 11.5 Å². The molecule has 1 aliphatic rings. The summed E-state index contributed by atoms with van der Waals surface area (Å²) < 4.78 is 70.2. The maximum Gasteiger partial charge on any atom is 0.452 e. The number of hydrogen-bond donors (Lipinski definition) is 0. The van der Waals surface area contributed by atoms with E-state index in [2.05, 4.69) is 14.7 Å². The zero-order valence-corrected chi connectivity index (χ0v) is 17.4. The molecule has 3 aromatic rings. The van der Waals surface area contributed by atoms with E-state index in [0.29, 0.717) is 22.8 Å². The van der Waals surface area contributed by atoms with Crippen molar-refractivity contribution in [2.24, 2.45) is 0 Å². The van der Waals surface area contributed by atoms with Crippen molar-refractivity contribution in [3.05, 3.63) is 47.2 Å². The molecule has 0 unspecified atom stereocenters. The average molecular weight is 458 g/mol. The van der Waals surface area contributed by atoms with Gasteiger partial charge in [-0.25, -0.2) is 13.4 Å². The maximum atomic E-state index is 13.1. The van der Waals surface area contributed by atoms with Crippen molar-refractivity contribution >= 4 is 27.2 Å². The molecule has 0 amide bonds. The summed E-state index contributed by atoms with van der Waals surface area (Å²) in [5, 5.41) is 3.44. The molecule has 4 heterocycles. The van der Waals surface area contributed by atoms with E-state index in [4.69, 9.17) is 0 Å². The van der Waals surface area contributed by atoms with Crippen LogP contribution in [0, 0.1) is 6.92 Å². The number of halogens is 3. The lowest BCUT2D eigenvalue weighted by Crippen LogP contribution is -2.48. The number of nitrogens with zero attached hydrogens (tertiary/aromatic N) is 4. The van der Waals surface area contributed by atoms with Crippen LogP contribution >= 0.6 is 11.3 Å². The van der Waals surface area contributed by atoms with Crippen LogP contribution in [0.4, 0.5) is 19.0 Å².